The summed E-state index contributed by atoms with van der Waals surface area (Å²) in [6.07, 6.45) is 0. The minimum absolute atomic E-state index is 0.153. The van der Waals surface area contributed by atoms with Crippen LogP contribution in [0, 0.1) is 13.8 Å². The largest absolute Gasteiger partial charge is 0.378 e. The molecule has 0 bridgehead atoms. The number of anilines is 1. The third-order valence-electron chi connectivity index (χ3n) is 3.49. The molecule has 1 heterocycles. The molecule has 1 aromatic heterocycles. The lowest BCUT2D eigenvalue weighted by Crippen LogP contribution is -2.27. The van der Waals surface area contributed by atoms with E-state index in [0.717, 1.165) is 11.3 Å². The van der Waals surface area contributed by atoms with Crippen LogP contribution in [0.4, 0.5) is 5.69 Å². The third-order valence-corrected chi connectivity index (χ3v) is 5.54. The van der Waals surface area contributed by atoms with Crippen LogP contribution in [0.5, 0.6) is 0 Å². The van der Waals surface area contributed by atoms with E-state index in [1.54, 1.807) is 20.9 Å². The Labute approximate surface area is 131 Å². The maximum atomic E-state index is 12.6. The molecule has 2 rings (SSSR count). The second-order valence-electron chi connectivity index (χ2n) is 5.48. The second kappa shape index (κ2) is 6.10. The molecule has 0 radical (unpaired) electrons. The van der Waals surface area contributed by atoms with Crippen molar-refractivity contribution in [2.24, 2.45) is 0 Å². The first-order valence-corrected chi connectivity index (χ1v) is 8.33. The Hall–Kier alpha value is -1.86. The highest BCUT2D eigenvalue weighted by Crippen LogP contribution is 2.24. The van der Waals surface area contributed by atoms with Gasteiger partial charge in [0.05, 0.1) is 0 Å². The fourth-order valence-corrected chi connectivity index (χ4v) is 3.68. The molecule has 6 nitrogen and oxygen atoms in total. The van der Waals surface area contributed by atoms with E-state index in [1.165, 1.54) is 4.31 Å². The molecule has 7 heteroatoms. The van der Waals surface area contributed by atoms with Gasteiger partial charge in [-0.1, -0.05) is 17.3 Å². The molecular formula is C15H21N3O3S. The van der Waals surface area contributed by atoms with Crippen molar-refractivity contribution in [3.05, 3.63) is 41.3 Å². The van der Waals surface area contributed by atoms with Crippen molar-refractivity contribution in [3.63, 3.8) is 0 Å². The van der Waals surface area contributed by atoms with Gasteiger partial charge in [0, 0.05) is 33.4 Å². The zero-order valence-electron chi connectivity index (χ0n) is 13.5. The summed E-state index contributed by atoms with van der Waals surface area (Å²) in [6.45, 7) is 3.52. The summed E-state index contributed by atoms with van der Waals surface area (Å²) < 4.78 is 31.5. The zero-order chi connectivity index (χ0) is 16.5. The molecule has 0 aliphatic carbocycles. The smallest absolute Gasteiger partial charge is 0.248 e. The molecule has 0 spiro atoms. The van der Waals surface area contributed by atoms with Gasteiger partial charge in [-0.25, -0.2) is 8.42 Å². The average Bonchev–Trinajstić information content (AvgIpc) is 2.79. The first-order chi connectivity index (χ1) is 10.2. The van der Waals surface area contributed by atoms with Crippen LogP contribution in [-0.2, 0) is 16.6 Å². The average molecular weight is 323 g/mol. The Kier molecular flexibility index (Phi) is 4.58. The van der Waals surface area contributed by atoms with Crippen LogP contribution >= 0.6 is 0 Å². The maximum Gasteiger partial charge on any atom is 0.248 e. The van der Waals surface area contributed by atoms with E-state index in [4.69, 9.17) is 4.52 Å². The van der Waals surface area contributed by atoms with Crippen molar-refractivity contribution >= 4 is 15.7 Å². The number of hydrogen-bond acceptors (Lipinski definition) is 5. The molecule has 120 valence electrons. The third kappa shape index (κ3) is 3.15. The summed E-state index contributed by atoms with van der Waals surface area (Å²) in [5.41, 5.74) is 2.37. The molecule has 0 unspecified atom stereocenters. The van der Waals surface area contributed by atoms with Gasteiger partial charge in [0.2, 0.25) is 10.0 Å². The quantitative estimate of drug-likeness (QED) is 0.844. The molecule has 2 aromatic rings. The zero-order valence-corrected chi connectivity index (χ0v) is 14.3. The van der Waals surface area contributed by atoms with Crippen LogP contribution in [0.1, 0.15) is 17.0 Å². The number of nitrogens with zero attached hydrogens (tertiary/aromatic N) is 3. The first-order valence-electron chi connectivity index (χ1n) is 6.89. The van der Waals surface area contributed by atoms with Crippen LogP contribution in [0.15, 0.2) is 33.7 Å². The lowest BCUT2D eigenvalue weighted by Gasteiger charge is -2.18. The number of benzene rings is 1. The maximum absolute atomic E-state index is 12.6. The van der Waals surface area contributed by atoms with Gasteiger partial charge in [0.15, 0.2) is 5.76 Å². The Morgan fingerprint density at radius 3 is 2.14 bits per heavy atom. The lowest BCUT2D eigenvalue weighted by molar-refractivity contribution is 0.389. The minimum Gasteiger partial charge on any atom is -0.378 e. The molecule has 0 atom stereocenters. The fraction of sp³-hybridized carbons (Fsp3) is 0.400. The molecule has 1 aromatic carbocycles. The number of aromatic nitrogens is 1. The van der Waals surface area contributed by atoms with Crippen LogP contribution in [0.3, 0.4) is 0 Å². The molecule has 0 saturated carbocycles. The van der Waals surface area contributed by atoms with Gasteiger partial charge in [0.25, 0.3) is 0 Å². The van der Waals surface area contributed by atoms with Crippen molar-refractivity contribution < 1.29 is 12.9 Å². The summed E-state index contributed by atoms with van der Waals surface area (Å²) >= 11 is 0. The number of sulfonamides is 1. The van der Waals surface area contributed by atoms with Crippen LogP contribution < -0.4 is 4.90 Å². The summed E-state index contributed by atoms with van der Waals surface area (Å²) in [4.78, 5) is 2.15. The Morgan fingerprint density at radius 2 is 1.68 bits per heavy atom. The van der Waals surface area contributed by atoms with Crippen LogP contribution in [0.2, 0.25) is 0 Å². The van der Waals surface area contributed by atoms with Crippen molar-refractivity contribution in [2.45, 2.75) is 25.3 Å². The van der Waals surface area contributed by atoms with Crippen LogP contribution in [-0.4, -0.2) is 39.0 Å². The summed E-state index contributed by atoms with van der Waals surface area (Å²) in [6, 6.07) is 7.78. The molecule has 0 fully saturated rings. The SMILES string of the molecule is Cc1noc(C)c1S(=O)(=O)N(C)Cc1ccc(N(C)C)cc1. The molecular weight excluding hydrogens is 302 g/mol. The van der Waals surface area contributed by atoms with E-state index in [2.05, 4.69) is 5.16 Å². The van der Waals surface area contributed by atoms with Gasteiger partial charge >= 0.3 is 0 Å². The standard InChI is InChI=1S/C15H21N3O3S/c1-11-15(12(2)21-16-11)22(19,20)18(5)10-13-6-8-14(9-7-13)17(3)4/h6-9H,10H2,1-5H3. The van der Waals surface area contributed by atoms with Gasteiger partial charge in [-0.2, -0.15) is 4.31 Å². The number of hydrogen-bond donors (Lipinski definition) is 0. The molecule has 0 aliphatic rings. The Balaban J connectivity index is 2.23. The van der Waals surface area contributed by atoms with E-state index < -0.39 is 10.0 Å². The van der Waals surface area contributed by atoms with Gasteiger partial charge in [-0.05, 0) is 31.5 Å². The molecule has 0 aliphatic heterocycles. The Morgan fingerprint density at radius 1 is 1.09 bits per heavy atom. The highest BCUT2D eigenvalue weighted by molar-refractivity contribution is 7.89. The van der Waals surface area contributed by atoms with Crippen molar-refractivity contribution in [1.82, 2.24) is 9.46 Å². The van der Waals surface area contributed by atoms with Gasteiger partial charge in [-0.15, -0.1) is 0 Å². The van der Waals surface area contributed by atoms with Gasteiger partial charge < -0.3 is 9.42 Å². The van der Waals surface area contributed by atoms with E-state index in [-0.39, 0.29) is 4.90 Å². The molecule has 0 amide bonds. The minimum atomic E-state index is -3.61. The van der Waals surface area contributed by atoms with Gasteiger partial charge in [0.1, 0.15) is 10.6 Å². The van der Waals surface area contributed by atoms with E-state index >= 15 is 0 Å². The van der Waals surface area contributed by atoms with Crippen LogP contribution in [0.25, 0.3) is 0 Å². The molecule has 22 heavy (non-hydrogen) atoms. The predicted octanol–water partition coefficient (Wildman–Crippen LogP) is 2.18. The first kappa shape index (κ1) is 16.5. The highest BCUT2D eigenvalue weighted by atomic mass is 32.2. The topological polar surface area (TPSA) is 66.7 Å². The van der Waals surface area contributed by atoms with Gasteiger partial charge in [-0.3, -0.25) is 0 Å². The molecule has 0 saturated heterocycles. The normalized spacial score (nSPS) is 11.9. The van der Waals surface area contributed by atoms with E-state index in [1.807, 2.05) is 43.3 Å². The van der Waals surface area contributed by atoms with E-state index in [0.29, 0.717) is 18.0 Å². The summed E-state index contributed by atoms with van der Waals surface area (Å²) in [7, 11) is 1.86. The fourth-order valence-electron chi connectivity index (χ4n) is 2.24. The lowest BCUT2D eigenvalue weighted by atomic mass is 10.2. The predicted molar refractivity (Wildman–Crippen MR) is 85.4 cm³/mol. The monoisotopic (exact) mass is 323 g/mol. The van der Waals surface area contributed by atoms with Crippen molar-refractivity contribution in [3.8, 4) is 0 Å². The number of rotatable bonds is 5. The Bertz CT molecular complexity index is 729. The molecule has 0 N–H and O–H groups in total. The summed E-state index contributed by atoms with van der Waals surface area (Å²) in [5.74, 6) is 0.312. The number of aryl methyl sites for hydroxylation is 2. The summed E-state index contributed by atoms with van der Waals surface area (Å²) in [5, 5.41) is 3.72. The van der Waals surface area contributed by atoms with Crippen molar-refractivity contribution in [1.29, 1.82) is 0 Å². The van der Waals surface area contributed by atoms with Crippen molar-refractivity contribution in [2.75, 3.05) is 26.0 Å². The second-order valence-corrected chi connectivity index (χ2v) is 7.46. The van der Waals surface area contributed by atoms with E-state index in [9.17, 15) is 8.42 Å². The highest BCUT2D eigenvalue weighted by Gasteiger charge is 2.28.